The van der Waals surface area contributed by atoms with E-state index >= 15 is 0 Å². The maximum absolute atomic E-state index is 12.0. The SMILES string of the molecule is CC(C1=C(Cl)CCC1)N(C(=O)O)c1conc1-c1ccc(CCl)cc1. The normalized spacial score (nSPS) is 15.5. The summed E-state index contributed by atoms with van der Waals surface area (Å²) in [4.78, 5) is 13.2. The van der Waals surface area contributed by atoms with E-state index in [-0.39, 0.29) is 6.04 Å². The van der Waals surface area contributed by atoms with Gasteiger partial charge < -0.3 is 9.63 Å². The maximum Gasteiger partial charge on any atom is 0.412 e. The van der Waals surface area contributed by atoms with Gasteiger partial charge in [0.15, 0.2) is 0 Å². The summed E-state index contributed by atoms with van der Waals surface area (Å²) in [6, 6.07) is 7.09. The van der Waals surface area contributed by atoms with Gasteiger partial charge in [-0.15, -0.1) is 11.6 Å². The minimum absolute atomic E-state index is 0.382. The van der Waals surface area contributed by atoms with Crippen LogP contribution in [0.5, 0.6) is 0 Å². The van der Waals surface area contributed by atoms with Gasteiger partial charge >= 0.3 is 6.09 Å². The Labute approximate surface area is 155 Å². The van der Waals surface area contributed by atoms with E-state index in [1.807, 2.05) is 31.2 Å². The van der Waals surface area contributed by atoms with E-state index in [1.165, 1.54) is 11.2 Å². The molecule has 1 atom stereocenters. The second kappa shape index (κ2) is 7.50. The smallest absolute Gasteiger partial charge is 0.412 e. The molecule has 1 aliphatic rings. The monoisotopic (exact) mass is 380 g/mol. The quantitative estimate of drug-likeness (QED) is 0.682. The predicted molar refractivity (Wildman–Crippen MR) is 98.2 cm³/mol. The highest BCUT2D eigenvalue weighted by Crippen LogP contribution is 2.37. The number of carbonyl (C=O) groups is 1. The molecule has 0 radical (unpaired) electrons. The van der Waals surface area contributed by atoms with Crippen LogP contribution < -0.4 is 4.90 Å². The molecule has 1 aliphatic carbocycles. The maximum atomic E-state index is 12.0. The first-order valence-corrected chi connectivity index (χ1v) is 8.93. The summed E-state index contributed by atoms with van der Waals surface area (Å²) >= 11 is 12.1. The minimum atomic E-state index is -1.07. The summed E-state index contributed by atoms with van der Waals surface area (Å²) in [5.74, 6) is 0.414. The molecule has 25 heavy (non-hydrogen) atoms. The van der Waals surface area contributed by atoms with Gasteiger partial charge in [-0.05, 0) is 37.3 Å². The fraction of sp³-hybridized carbons (Fsp3) is 0.333. The number of carboxylic acid groups (broad SMARTS) is 1. The molecule has 1 unspecified atom stereocenters. The second-order valence-corrected chi connectivity index (χ2v) is 6.71. The van der Waals surface area contributed by atoms with Crippen molar-refractivity contribution in [1.82, 2.24) is 5.16 Å². The number of benzene rings is 1. The molecule has 3 rings (SSSR count). The van der Waals surface area contributed by atoms with Gasteiger partial charge in [0.05, 0.1) is 6.04 Å². The van der Waals surface area contributed by atoms with Gasteiger partial charge in [-0.2, -0.15) is 0 Å². The third kappa shape index (κ3) is 3.53. The van der Waals surface area contributed by atoms with Crippen molar-refractivity contribution < 1.29 is 14.4 Å². The van der Waals surface area contributed by atoms with Gasteiger partial charge in [0.2, 0.25) is 0 Å². The van der Waals surface area contributed by atoms with Crippen LogP contribution in [0.15, 0.2) is 45.7 Å². The Hall–Kier alpha value is -1.98. The third-order valence-corrected chi connectivity index (χ3v) is 5.22. The topological polar surface area (TPSA) is 66.6 Å². The number of hydrogen-bond acceptors (Lipinski definition) is 3. The van der Waals surface area contributed by atoms with Gasteiger partial charge in [-0.3, -0.25) is 4.90 Å². The van der Waals surface area contributed by atoms with Crippen LogP contribution in [0.3, 0.4) is 0 Å². The molecule has 5 nitrogen and oxygen atoms in total. The fourth-order valence-corrected chi connectivity index (χ4v) is 3.72. The zero-order chi connectivity index (χ0) is 18.0. The van der Waals surface area contributed by atoms with E-state index in [4.69, 9.17) is 27.7 Å². The molecule has 1 N–H and O–H groups in total. The van der Waals surface area contributed by atoms with Crippen molar-refractivity contribution >= 4 is 35.0 Å². The molecular weight excluding hydrogens is 363 g/mol. The molecule has 2 aromatic rings. The molecular formula is C18H18Cl2N2O3. The molecule has 0 saturated heterocycles. The average Bonchev–Trinajstić information content (AvgIpc) is 3.24. The lowest BCUT2D eigenvalue weighted by Crippen LogP contribution is -2.39. The standard InChI is InChI=1S/C18H18Cl2N2O3/c1-11(14-3-2-4-15(14)20)22(18(23)24)16-10-25-21-17(16)13-7-5-12(9-19)6-8-13/h5-8,10-11H,2-4,9H2,1H3,(H,23,24). The van der Waals surface area contributed by atoms with Crippen LogP contribution in [0.25, 0.3) is 11.3 Å². The summed E-state index contributed by atoms with van der Waals surface area (Å²) < 4.78 is 5.10. The molecule has 0 aliphatic heterocycles. The van der Waals surface area contributed by atoms with Gasteiger partial charge in [0, 0.05) is 16.5 Å². The van der Waals surface area contributed by atoms with Crippen molar-refractivity contribution in [1.29, 1.82) is 0 Å². The van der Waals surface area contributed by atoms with Crippen LogP contribution >= 0.6 is 23.2 Å². The largest absolute Gasteiger partial charge is 0.465 e. The van der Waals surface area contributed by atoms with Gasteiger partial charge in [0.25, 0.3) is 0 Å². The Morgan fingerprint density at radius 2 is 2.08 bits per heavy atom. The predicted octanol–water partition coefficient (Wildman–Crippen LogP) is 5.63. The molecule has 7 heteroatoms. The summed E-state index contributed by atoms with van der Waals surface area (Å²) in [7, 11) is 0. The Morgan fingerprint density at radius 3 is 2.64 bits per heavy atom. The first-order chi connectivity index (χ1) is 12.0. The molecule has 1 amide bonds. The minimum Gasteiger partial charge on any atom is -0.465 e. The van der Waals surface area contributed by atoms with E-state index in [9.17, 15) is 9.90 Å². The van der Waals surface area contributed by atoms with Crippen LogP contribution in [0.4, 0.5) is 10.5 Å². The highest BCUT2D eigenvalue weighted by atomic mass is 35.5. The third-order valence-electron chi connectivity index (χ3n) is 4.48. The van der Waals surface area contributed by atoms with Crippen molar-refractivity contribution in [3.05, 3.63) is 46.7 Å². The number of alkyl halides is 1. The van der Waals surface area contributed by atoms with E-state index in [1.54, 1.807) is 0 Å². The van der Waals surface area contributed by atoms with Crippen LogP contribution in [-0.4, -0.2) is 22.4 Å². The van der Waals surface area contributed by atoms with E-state index in [2.05, 4.69) is 5.16 Å². The lowest BCUT2D eigenvalue weighted by Gasteiger charge is -2.27. The summed E-state index contributed by atoms with van der Waals surface area (Å²) in [5, 5.41) is 14.6. The zero-order valence-corrected chi connectivity index (χ0v) is 15.2. The number of halogens is 2. The van der Waals surface area contributed by atoms with Gasteiger partial charge in [-0.25, -0.2) is 4.79 Å². The van der Waals surface area contributed by atoms with Gasteiger partial charge in [-0.1, -0.05) is 41.0 Å². The highest BCUT2D eigenvalue weighted by molar-refractivity contribution is 6.30. The molecule has 1 aromatic heterocycles. The average molecular weight is 381 g/mol. The van der Waals surface area contributed by atoms with E-state index < -0.39 is 6.09 Å². The molecule has 0 spiro atoms. The zero-order valence-electron chi connectivity index (χ0n) is 13.7. The fourth-order valence-electron chi connectivity index (χ4n) is 3.15. The highest BCUT2D eigenvalue weighted by Gasteiger charge is 2.31. The molecule has 132 valence electrons. The lowest BCUT2D eigenvalue weighted by molar-refractivity contribution is 0.200. The van der Waals surface area contributed by atoms with Crippen molar-refractivity contribution in [3.63, 3.8) is 0 Å². The van der Waals surface area contributed by atoms with Crippen LogP contribution in [0, 0.1) is 0 Å². The number of rotatable bonds is 5. The molecule has 0 fully saturated rings. The Balaban J connectivity index is 1.99. The van der Waals surface area contributed by atoms with Crippen molar-refractivity contribution in [2.24, 2.45) is 0 Å². The number of hydrogen-bond donors (Lipinski definition) is 1. The van der Waals surface area contributed by atoms with Crippen molar-refractivity contribution in [2.45, 2.75) is 38.1 Å². The van der Waals surface area contributed by atoms with Gasteiger partial charge in [0.1, 0.15) is 17.6 Å². The summed E-state index contributed by atoms with van der Waals surface area (Å²) in [5.41, 5.74) is 3.57. The summed E-state index contributed by atoms with van der Waals surface area (Å²) in [6.45, 7) is 1.84. The second-order valence-electron chi connectivity index (χ2n) is 5.99. The Bertz CT molecular complexity index is 799. The van der Waals surface area contributed by atoms with Crippen molar-refractivity contribution in [3.8, 4) is 11.3 Å². The number of aromatic nitrogens is 1. The summed E-state index contributed by atoms with van der Waals surface area (Å²) in [6.07, 6.45) is 2.83. The number of allylic oxidation sites excluding steroid dienone is 1. The Morgan fingerprint density at radius 1 is 1.36 bits per heavy atom. The van der Waals surface area contributed by atoms with Crippen LogP contribution in [0.2, 0.25) is 0 Å². The first kappa shape index (κ1) is 17.8. The molecule has 0 bridgehead atoms. The Kier molecular flexibility index (Phi) is 5.35. The lowest BCUT2D eigenvalue weighted by atomic mass is 10.0. The first-order valence-electron chi connectivity index (χ1n) is 8.02. The van der Waals surface area contributed by atoms with E-state index in [0.717, 1.165) is 41.0 Å². The van der Waals surface area contributed by atoms with E-state index in [0.29, 0.717) is 17.3 Å². The number of nitrogens with zero attached hydrogens (tertiary/aromatic N) is 2. The number of amides is 1. The number of anilines is 1. The van der Waals surface area contributed by atoms with Crippen molar-refractivity contribution in [2.75, 3.05) is 4.90 Å². The van der Waals surface area contributed by atoms with Crippen LogP contribution in [-0.2, 0) is 5.88 Å². The molecule has 1 aromatic carbocycles. The van der Waals surface area contributed by atoms with Crippen LogP contribution in [0.1, 0.15) is 31.7 Å². The molecule has 0 saturated carbocycles. The molecule has 1 heterocycles.